The lowest BCUT2D eigenvalue weighted by atomic mass is 10.0. The minimum atomic E-state index is 0.0250. The maximum Gasteiger partial charge on any atom is 0.138 e. The topological polar surface area (TPSA) is 37.8 Å². The molecule has 2 aromatic rings. The van der Waals surface area contributed by atoms with E-state index in [2.05, 4.69) is 28.3 Å². The SMILES string of the molecule is CCc1cc2c(NC3(CCl)CCCC3)ncnc2s1. The fraction of sp³-hybridized carbons (Fsp3) is 0.571. The number of hydrogen-bond acceptors (Lipinski definition) is 4. The van der Waals surface area contributed by atoms with Gasteiger partial charge in [0.25, 0.3) is 0 Å². The quantitative estimate of drug-likeness (QED) is 0.858. The molecular formula is C14H18ClN3S. The van der Waals surface area contributed by atoms with E-state index in [1.54, 1.807) is 17.7 Å². The Morgan fingerprint density at radius 3 is 2.84 bits per heavy atom. The van der Waals surface area contributed by atoms with E-state index in [-0.39, 0.29) is 5.54 Å². The Kier molecular flexibility index (Phi) is 3.63. The molecule has 2 aromatic heterocycles. The van der Waals surface area contributed by atoms with Gasteiger partial charge in [-0.15, -0.1) is 22.9 Å². The van der Waals surface area contributed by atoms with Crippen LogP contribution >= 0.6 is 22.9 Å². The Balaban J connectivity index is 1.98. The molecule has 0 spiro atoms. The summed E-state index contributed by atoms with van der Waals surface area (Å²) in [6, 6.07) is 2.21. The number of alkyl halides is 1. The van der Waals surface area contributed by atoms with Gasteiger partial charge in [-0.3, -0.25) is 0 Å². The number of rotatable bonds is 4. The van der Waals surface area contributed by atoms with Gasteiger partial charge in [0.15, 0.2) is 0 Å². The van der Waals surface area contributed by atoms with Crippen molar-refractivity contribution in [3.05, 3.63) is 17.3 Å². The Bertz CT molecular complexity index is 575. The fourth-order valence-corrected chi connectivity index (χ4v) is 4.04. The summed E-state index contributed by atoms with van der Waals surface area (Å²) < 4.78 is 0. The summed E-state index contributed by atoms with van der Waals surface area (Å²) in [5.41, 5.74) is 0.0250. The van der Waals surface area contributed by atoms with Crippen molar-refractivity contribution in [1.29, 1.82) is 0 Å². The van der Waals surface area contributed by atoms with Gasteiger partial charge in [0.05, 0.1) is 10.9 Å². The van der Waals surface area contributed by atoms with E-state index in [1.807, 2.05) is 0 Å². The number of aryl methyl sites for hydroxylation is 1. The molecule has 5 heteroatoms. The van der Waals surface area contributed by atoms with Crippen molar-refractivity contribution in [2.75, 3.05) is 11.2 Å². The number of halogens is 1. The van der Waals surface area contributed by atoms with Crippen molar-refractivity contribution in [2.45, 2.75) is 44.6 Å². The van der Waals surface area contributed by atoms with Crippen molar-refractivity contribution in [1.82, 2.24) is 9.97 Å². The molecule has 0 aromatic carbocycles. The van der Waals surface area contributed by atoms with Gasteiger partial charge in [0, 0.05) is 10.8 Å². The van der Waals surface area contributed by atoms with Crippen LogP contribution in [0.1, 0.15) is 37.5 Å². The molecule has 2 heterocycles. The third-order valence-corrected chi connectivity index (χ3v) is 5.63. The molecular weight excluding hydrogens is 278 g/mol. The molecule has 0 atom stereocenters. The molecule has 1 fully saturated rings. The fourth-order valence-electron chi connectivity index (χ4n) is 2.77. The van der Waals surface area contributed by atoms with Crippen LogP contribution in [0.5, 0.6) is 0 Å². The first-order chi connectivity index (χ1) is 9.26. The highest BCUT2D eigenvalue weighted by molar-refractivity contribution is 7.18. The third kappa shape index (κ3) is 2.43. The normalized spacial score (nSPS) is 18.0. The number of aromatic nitrogens is 2. The molecule has 1 aliphatic rings. The summed E-state index contributed by atoms with van der Waals surface area (Å²) in [6.07, 6.45) is 7.45. The number of nitrogens with zero attached hydrogens (tertiary/aromatic N) is 2. The number of anilines is 1. The molecule has 0 bridgehead atoms. The van der Waals surface area contributed by atoms with Crippen LogP contribution in [-0.2, 0) is 6.42 Å². The molecule has 3 nitrogen and oxygen atoms in total. The highest BCUT2D eigenvalue weighted by atomic mass is 35.5. The smallest absolute Gasteiger partial charge is 0.138 e. The second kappa shape index (κ2) is 5.25. The highest BCUT2D eigenvalue weighted by Crippen LogP contribution is 2.36. The summed E-state index contributed by atoms with van der Waals surface area (Å²) in [6.45, 7) is 2.17. The number of hydrogen-bond donors (Lipinski definition) is 1. The van der Waals surface area contributed by atoms with Gasteiger partial charge in [0.1, 0.15) is 17.0 Å². The Hall–Kier alpha value is -0.870. The van der Waals surface area contributed by atoms with E-state index >= 15 is 0 Å². The first kappa shape index (κ1) is 13.1. The van der Waals surface area contributed by atoms with E-state index in [4.69, 9.17) is 11.6 Å². The standard InChI is InChI=1S/C14H18ClN3S/c1-2-10-7-11-12(16-9-17-13(11)19-10)18-14(8-15)5-3-4-6-14/h7,9H,2-6,8H2,1H3,(H,16,17,18). The summed E-state index contributed by atoms with van der Waals surface area (Å²) in [4.78, 5) is 11.2. The summed E-state index contributed by atoms with van der Waals surface area (Å²) >= 11 is 7.95. The van der Waals surface area contributed by atoms with Gasteiger partial charge in [0.2, 0.25) is 0 Å². The van der Waals surface area contributed by atoms with Gasteiger partial charge in [-0.25, -0.2) is 9.97 Å². The average Bonchev–Trinajstić information content (AvgIpc) is 3.06. The minimum Gasteiger partial charge on any atom is -0.363 e. The van der Waals surface area contributed by atoms with Gasteiger partial charge in [-0.05, 0) is 25.3 Å². The lowest BCUT2D eigenvalue weighted by Gasteiger charge is -2.28. The summed E-state index contributed by atoms with van der Waals surface area (Å²) in [5.74, 6) is 1.59. The molecule has 1 N–H and O–H groups in total. The van der Waals surface area contributed by atoms with E-state index in [1.165, 1.54) is 17.7 Å². The minimum absolute atomic E-state index is 0.0250. The zero-order valence-corrected chi connectivity index (χ0v) is 12.7. The van der Waals surface area contributed by atoms with E-state index in [0.717, 1.165) is 35.3 Å². The van der Waals surface area contributed by atoms with Crippen LogP contribution < -0.4 is 5.32 Å². The molecule has 102 valence electrons. The van der Waals surface area contributed by atoms with Crippen LogP contribution in [0.15, 0.2) is 12.4 Å². The maximum atomic E-state index is 6.19. The summed E-state index contributed by atoms with van der Waals surface area (Å²) in [5, 5.41) is 4.75. The lowest BCUT2D eigenvalue weighted by Crippen LogP contribution is -2.37. The molecule has 1 saturated carbocycles. The second-order valence-corrected chi connectivity index (χ2v) is 6.64. The van der Waals surface area contributed by atoms with Gasteiger partial charge in [-0.2, -0.15) is 0 Å². The van der Waals surface area contributed by atoms with Gasteiger partial charge < -0.3 is 5.32 Å². The lowest BCUT2D eigenvalue weighted by molar-refractivity contribution is 0.538. The Labute approximate surface area is 122 Å². The zero-order chi connectivity index (χ0) is 13.3. The first-order valence-electron chi connectivity index (χ1n) is 6.84. The molecule has 0 amide bonds. The second-order valence-electron chi connectivity index (χ2n) is 5.25. The van der Waals surface area contributed by atoms with E-state index in [9.17, 15) is 0 Å². The van der Waals surface area contributed by atoms with Crippen LogP contribution in [-0.4, -0.2) is 21.4 Å². The number of nitrogens with one attached hydrogen (secondary N) is 1. The largest absolute Gasteiger partial charge is 0.363 e. The van der Waals surface area contributed by atoms with Crippen LogP contribution in [0.4, 0.5) is 5.82 Å². The monoisotopic (exact) mass is 295 g/mol. The van der Waals surface area contributed by atoms with E-state index in [0.29, 0.717) is 5.88 Å². The molecule has 3 rings (SSSR count). The van der Waals surface area contributed by atoms with Crippen molar-refractivity contribution < 1.29 is 0 Å². The summed E-state index contributed by atoms with van der Waals surface area (Å²) in [7, 11) is 0. The molecule has 0 aliphatic heterocycles. The predicted octanol–water partition coefficient (Wildman–Crippen LogP) is 4.22. The Morgan fingerprint density at radius 2 is 2.16 bits per heavy atom. The van der Waals surface area contributed by atoms with Crippen molar-refractivity contribution in [3.8, 4) is 0 Å². The van der Waals surface area contributed by atoms with Gasteiger partial charge in [-0.1, -0.05) is 19.8 Å². The third-order valence-electron chi connectivity index (χ3n) is 3.93. The van der Waals surface area contributed by atoms with Crippen molar-refractivity contribution >= 4 is 39.0 Å². The predicted molar refractivity (Wildman–Crippen MR) is 82.3 cm³/mol. The number of fused-ring (bicyclic) bond motifs is 1. The van der Waals surface area contributed by atoms with Crippen LogP contribution in [0.25, 0.3) is 10.2 Å². The average molecular weight is 296 g/mol. The molecule has 19 heavy (non-hydrogen) atoms. The highest BCUT2D eigenvalue weighted by Gasteiger charge is 2.33. The number of thiophene rings is 1. The zero-order valence-electron chi connectivity index (χ0n) is 11.1. The maximum absolute atomic E-state index is 6.19. The molecule has 0 unspecified atom stereocenters. The van der Waals surface area contributed by atoms with E-state index < -0.39 is 0 Å². The van der Waals surface area contributed by atoms with Crippen LogP contribution in [0.2, 0.25) is 0 Å². The van der Waals surface area contributed by atoms with Crippen molar-refractivity contribution in [3.63, 3.8) is 0 Å². The van der Waals surface area contributed by atoms with Gasteiger partial charge >= 0.3 is 0 Å². The molecule has 0 radical (unpaired) electrons. The van der Waals surface area contributed by atoms with Crippen molar-refractivity contribution in [2.24, 2.45) is 0 Å². The molecule has 0 saturated heterocycles. The molecule has 1 aliphatic carbocycles. The Morgan fingerprint density at radius 1 is 1.37 bits per heavy atom. The van der Waals surface area contributed by atoms with Crippen LogP contribution in [0, 0.1) is 0 Å². The van der Waals surface area contributed by atoms with Crippen LogP contribution in [0.3, 0.4) is 0 Å². The first-order valence-corrected chi connectivity index (χ1v) is 8.19.